The Morgan fingerprint density at radius 1 is 0.893 bits per heavy atom. The molecule has 0 aliphatic heterocycles. The highest BCUT2D eigenvalue weighted by Crippen LogP contribution is 2.27. The number of benzene rings is 3. The molecule has 0 radical (unpaired) electrons. The van der Waals surface area contributed by atoms with Crippen molar-refractivity contribution in [3.05, 3.63) is 83.9 Å². The van der Waals surface area contributed by atoms with E-state index in [2.05, 4.69) is 20.7 Å². The van der Waals surface area contributed by atoms with Crippen molar-refractivity contribution in [3.8, 4) is 22.5 Å². The summed E-state index contributed by atoms with van der Waals surface area (Å²) in [6.45, 7) is -0.0380. The third-order valence-corrected chi connectivity index (χ3v) is 4.38. The molecule has 0 spiro atoms. The molecule has 0 aliphatic carbocycles. The van der Waals surface area contributed by atoms with Crippen LogP contribution in [0.25, 0.3) is 22.5 Å². The zero-order valence-corrected chi connectivity index (χ0v) is 15.5. The van der Waals surface area contributed by atoms with Crippen LogP contribution in [0.5, 0.6) is 0 Å². The fourth-order valence-corrected chi connectivity index (χ4v) is 2.93. The summed E-state index contributed by atoms with van der Waals surface area (Å²) in [5.74, 6) is 0.206. The van der Waals surface area contributed by atoms with E-state index < -0.39 is 0 Å². The standard InChI is InChI=1S/C21H16ClN5O/c22-17-12-10-16(11-13-17)21-24-26-27(25-21)14-20(28)23-19-9-5-4-8-18(19)15-6-2-1-3-7-15/h1-13H,14H2,(H,23,28). The molecule has 1 amide bonds. The lowest BCUT2D eigenvalue weighted by atomic mass is 10.0. The topological polar surface area (TPSA) is 72.7 Å². The van der Waals surface area contributed by atoms with Crippen LogP contribution in [0.3, 0.4) is 0 Å². The molecule has 0 aliphatic rings. The van der Waals surface area contributed by atoms with Gasteiger partial charge in [0.15, 0.2) is 0 Å². The molecule has 4 aromatic rings. The maximum Gasteiger partial charge on any atom is 0.248 e. The van der Waals surface area contributed by atoms with Crippen LogP contribution in [0.2, 0.25) is 5.02 Å². The Morgan fingerprint density at radius 2 is 1.61 bits per heavy atom. The van der Waals surface area contributed by atoms with Crippen LogP contribution in [0.15, 0.2) is 78.9 Å². The Labute approximate surface area is 166 Å². The smallest absolute Gasteiger partial charge is 0.248 e. The number of hydrogen-bond donors (Lipinski definition) is 1. The summed E-state index contributed by atoms with van der Waals surface area (Å²) in [7, 11) is 0. The summed E-state index contributed by atoms with van der Waals surface area (Å²) in [6, 6.07) is 24.7. The van der Waals surface area contributed by atoms with E-state index in [1.807, 2.05) is 54.6 Å². The van der Waals surface area contributed by atoms with Gasteiger partial charge in [0.1, 0.15) is 6.54 Å². The van der Waals surface area contributed by atoms with Crippen LogP contribution in [-0.2, 0) is 11.3 Å². The number of halogens is 1. The van der Waals surface area contributed by atoms with Gasteiger partial charge >= 0.3 is 0 Å². The predicted octanol–water partition coefficient (Wildman–Crippen LogP) is 4.30. The molecule has 0 atom stereocenters. The maximum atomic E-state index is 12.5. The number of para-hydroxylation sites is 1. The average molecular weight is 390 g/mol. The highest BCUT2D eigenvalue weighted by atomic mass is 35.5. The van der Waals surface area contributed by atoms with Gasteiger partial charge in [0.25, 0.3) is 0 Å². The molecule has 6 nitrogen and oxygen atoms in total. The summed E-state index contributed by atoms with van der Waals surface area (Å²) in [5, 5.41) is 15.8. The SMILES string of the molecule is O=C(Cn1nnc(-c2ccc(Cl)cc2)n1)Nc1ccccc1-c1ccccc1. The van der Waals surface area contributed by atoms with E-state index in [0.29, 0.717) is 10.8 Å². The Bertz CT molecular complexity index is 1090. The molecule has 0 unspecified atom stereocenters. The van der Waals surface area contributed by atoms with Gasteiger partial charge in [-0.2, -0.15) is 4.80 Å². The quantitative estimate of drug-likeness (QED) is 0.552. The first-order valence-electron chi connectivity index (χ1n) is 8.67. The van der Waals surface area contributed by atoms with Crippen molar-refractivity contribution in [1.82, 2.24) is 20.2 Å². The molecule has 138 valence electrons. The number of tetrazole rings is 1. The van der Waals surface area contributed by atoms with Crippen molar-refractivity contribution in [2.45, 2.75) is 6.54 Å². The molecule has 0 saturated heterocycles. The first kappa shape index (κ1) is 17.9. The van der Waals surface area contributed by atoms with Crippen LogP contribution >= 0.6 is 11.6 Å². The van der Waals surface area contributed by atoms with E-state index in [4.69, 9.17) is 11.6 Å². The monoisotopic (exact) mass is 389 g/mol. The van der Waals surface area contributed by atoms with Crippen LogP contribution in [0.4, 0.5) is 5.69 Å². The van der Waals surface area contributed by atoms with Gasteiger partial charge in [-0.3, -0.25) is 4.79 Å². The fraction of sp³-hybridized carbons (Fsp3) is 0.0476. The molecule has 7 heteroatoms. The molecule has 1 heterocycles. The molecule has 0 bridgehead atoms. The molecule has 0 fully saturated rings. The Balaban J connectivity index is 1.48. The minimum atomic E-state index is -0.233. The van der Waals surface area contributed by atoms with E-state index >= 15 is 0 Å². The van der Waals surface area contributed by atoms with Crippen molar-refractivity contribution in [2.24, 2.45) is 0 Å². The van der Waals surface area contributed by atoms with E-state index in [1.54, 1.807) is 24.3 Å². The average Bonchev–Trinajstić information content (AvgIpc) is 3.18. The van der Waals surface area contributed by atoms with Crippen molar-refractivity contribution in [2.75, 3.05) is 5.32 Å². The fourth-order valence-electron chi connectivity index (χ4n) is 2.80. The number of aromatic nitrogens is 4. The molecule has 1 aromatic heterocycles. The number of rotatable bonds is 5. The number of anilines is 1. The third kappa shape index (κ3) is 4.07. The van der Waals surface area contributed by atoms with Gasteiger partial charge in [0.2, 0.25) is 11.7 Å². The minimum absolute atomic E-state index is 0.0380. The number of nitrogens with zero attached hydrogens (tertiary/aromatic N) is 4. The highest BCUT2D eigenvalue weighted by molar-refractivity contribution is 6.30. The van der Waals surface area contributed by atoms with E-state index in [1.165, 1.54) is 4.80 Å². The number of carbonyl (C=O) groups is 1. The minimum Gasteiger partial charge on any atom is -0.324 e. The summed E-state index contributed by atoms with van der Waals surface area (Å²) >= 11 is 5.89. The van der Waals surface area contributed by atoms with Gasteiger partial charge in [0.05, 0.1) is 0 Å². The number of carbonyl (C=O) groups excluding carboxylic acids is 1. The summed E-state index contributed by atoms with van der Waals surface area (Å²) in [6.07, 6.45) is 0. The summed E-state index contributed by atoms with van der Waals surface area (Å²) in [4.78, 5) is 13.8. The highest BCUT2D eigenvalue weighted by Gasteiger charge is 2.12. The van der Waals surface area contributed by atoms with Gasteiger partial charge in [0, 0.05) is 21.8 Å². The molecular formula is C21H16ClN5O. The van der Waals surface area contributed by atoms with Gasteiger partial charge < -0.3 is 5.32 Å². The Hall–Kier alpha value is -3.51. The largest absolute Gasteiger partial charge is 0.324 e. The number of amides is 1. The van der Waals surface area contributed by atoms with Crippen LogP contribution in [0, 0.1) is 0 Å². The second kappa shape index (κ2) is 8.02. The lowest BCUT2D eigenvalue weighted by Gasteiger charge is -2.11. The lowest BCUT2D eigenvalue weighted by Crippen LogP contribution is -2.20. The number of nitrogens with one attached hydrogen (secondary N) is 1. The van der Waals surface area contributed by atoms with E-state index in [0.717, 1.165) is 22.4 Å². The van der Waals surface area contributed by atoms with Crippen LogP contribution in [0.1, 0.15) is 0 Å². The second-order valence-electron chi connectivity index (χ2n) is 6.11. The Morgan fingerprint density at radius 3 is 2.39 bits per heavy atom. The predicted molar refractivity (Wildman–Crippen MR) is 109 cm³/mol. The first-order chi connectivity index (χ1) is 13.7. The molecule has 1 N–H and O–H groups in total. The molecule has 4 rings (SSSR count). The van der Waals surface area contributed by atoms with Crippen LogP contribution < -0.4 is 5.32 Å². The van der Waals surface area contributed by atoms with Crippen molar-refractivity contribution < 1.29 is 4.79 Å². The zero-order valence-electron chi connectivity index (χ0n) is 14.8. The van der Waals surface area contributed by atoms with E-state index in [9.17, 15) is 4.79 Å². The molecular weight excluding hydrogens is 374 g/mol. The molecule has 28 heavy (non-hydrogen) atoms. The third-order valence-electron chi connectivity index (χ3n) is 4.13. The lowest BCUT2D eigenvalue weighted by molar-refractivity contribution is -0.117. The summed E-state index contributed by atoms with van der Waals surface area (Å²) < 4.78 is 0. The van der Waals surface area contributed by atoms with Gasteiger partial charge in [-0.05, 0) is 41.1 Å². The van der Waals surface area contributed by atoms with Gasteiger partial charge in [-0.25, -0.2) is 0 Å². The first-order valence-corrected chi connectivity index (χ1v) is 9.05. The normalized spacial score (nSPS) is 10.6. The van der Waals surface area contributed by atoms with E-state index in [-0.39, 0.29) is 12.5 Å². The Kier molecular flexibility index (Phi) is 5.12. The second-order valence-corrected chi connectivity index (χ2v) is 6.55. The van der Waals surface area contributed by atoms with Crippen LogP contribution in [-0.4, -0.2) is 26.1 Å². The molecule has 0 saturated carbocycles. The van der Waals surface area contributed by atoms with Gasteiger partial charge in [-0.1, -0.05) is 60.1 Å². The number of hydrogen-bond acceptors (Lipinski definition) is 4. The van der Waals surface area contributed by atoms with Crippen molar-refractivity contribution in [3.63, 3.8) is 0 Å². The van der Waals surface area contributed by atoms with Crippen molar-refractivity contribution >= 4 is 23.2 Å². The maximum absolute atomic E-state index is 12.5. The van der Waals surface area contributed by atoms with Gasteiger partial charge in [-0.15, -0.1) is 10.2 Å². The van der Waals surface area contributed by atoms with Crippen molar-refractivity contribution in [1.29, 1.82) is 0 Å². The summed E-state index contributed by atoms with van der Waals surface area (Å²) in [5.41, 5.74) is 3.49. The zero-order chi connectivity index (χ0) is 19.3. The molecule has 3 aromatic carbocycles.